The van der Waals surface area contributed by atoms with Gasteiger partial charge in [-0.15, -0.1) is 11.8 Å². The van der Waals surface area contributed by atoms with E-state index in [2.05, 4.69) is 5.32 Å². The number of aliphatic carboxylic acids is 1. The summed E-state index contributed by atoms with van der Waals surface area (Å²) in [6, 6.07) is 4.95. The molecule has 1 aliphatic heterocycles. The second kappa shape index (κ2) is 5.49. The summed E-state index contributed by atoms with van der Waals surface area (Å²) in [7, 11) is 3.15. The molecule has 1 aliphatic rings. The first-order valence-electron chi connectivity index (χ1n) is 5.46. The SMILES string of the molecule is COc1ccc(C2NC(C(=O)[O-])CS2)cc1OC. The fraction of sp³-hybridized carbons (Fsp3) is 0.417. The molecule has 2 rings (SSSR count). The highest BCUT2D eigenvalue weighted by Gasteiger charge is 2.26. The van der Waals surface area contributed by atoms with E-state index in [-0.39, 0.29) is 5.37 Å². The van der Waals surface area contributed by atoms with Gasteiger partial charge in [0, 0.05) is 5.75 Å². The van der Waals surface area contributed by atoms with E-state index in [9.17, 15) is 9.90 Å². The summed E-state index contributed by atoms with van der Waals surface area (Å²) in [5, 5.41) is 13.7. The van der Waals surface area contributed by atoms with Crippen LogP contribution < -0.4 is 19.9 Å². The second-order valence-corrected chi connectivity index (χ2v) is 5.00. The van der Waals surface area contributed by atoms with Gasteiger partial charge in [-0.1, -0.05) is 6.07 Å². The lowest BCUT2D eigenvalue weighted by atomic mass is 10.2. The third-order valence-corrected chi connectivity index (χ3v) is 4.04. The molecular formula is C12H14NO4S-. The van der Waals surface area contributed by atoms with Crippen molar-refractivity contribution in [3.8, 4) is 11.5 Å². The lowest BCUT2D eigenvalue weighted by Crippen LogP contribution is -2.43. The van der Waals surface area contributed by atoms with Crippen LogP contribution >= 0.6 is 11.8 Å². The van der Waals surface area contributed by atoms with Gasteiger partial charge in [-0.3, -0.25) is 5.32 Å². The lowest BCUT2D eigenvalue weighted by molar-refractivity contribution is -0.307. The van der Waals surface area contributed by atoms with Crippen molar-refractivity contribution in [3.63, 3.8) is 0 Å². The molecule has 0 bridgehead atoms. The number of carbonyl (C=O) groups is 1. The minimum absolute atomic E-state index is 0.0623. The fourth-order valence-corrected chi connectivity index (χ4v) is 3.03. The number of methoxy groups -OCH3 is 2. The highest BCUT2D eigenvalue weighted by molar-refractivity contribution is 7.99. The molecule has 18 heavy (non-hydrogen) atoms. The minimum Gasteiger partial charge on any atom is -0.548 e. The number of hydrogen-bond acceptors (Lipinski definition) is 6. The zero-order valence-electron chi connectivity index (χ0n) is 10.1. The van der Waals surface area contributed by atoms with Crippen LogP contribution in [0.3, 0.4) is 0 Å². The summed E-state index contributed by atoms with van der Waals surface area (Å²) in [4.78, 5) is 10.8. The third kappa shape index (κ3) is 2.54. The normalized spacial score (nSPS) is 22.8. The Hall–Kier alpha value is -1.40. The molecule has 98 valence electrons. The van der Waals surface area contributed by atoms with E-state index in [1.54, 1.807) is 14.2 Å². The van der Waals surface area contributed by atoms with Crippen molar-refractivity contribution in [1.29, 1.82) is 0 Å². The monoisotopic (exact) mass is 268 g/mol. The van der Waals surface area contributed by atoms with Gasteiger partial charge in [0.1, 0.15) is 0 Å². The first-order chi connectivity index (χ1) is 8.65. The zero-order chi connectivity index (χ0) is 13.1. The zero-order valence-corrected chi connectivity index (χ0v) is 11.0. The molecular weight excluding hydrogens is 254 g/mol. The van der Waals surface area contributed by atoms with Gasteiger partial charge in [0.05, 0.1) is 31.6 Å². The van der Waals surface area contributed by atoms with Crippen LogP contribution in [0.4, 0.5) is 0 Å². The second-order valence-electron chi connectivity index (χ2n) is 3.87. The Bertz CT molecular complexity index is 452. The molecule has 1 heterocycles. The number of ether oxygens (including phenoxy) is 2. The van der Waals surface area contributed by atoms with Gasteiger partial charge in [-0.05, 0) is 17.7 Å². The molecule has 0 saturated carbocycles. The van der Waals surface area contributed by atoms with Crippen LogP contribution in [0.1, 0.15) is 10.9 Å². The Morgan fingerprint density at radius 2 is 2.11 bits per heavy atom. The van der Waals surface area contributed by atoms with E-state index in [0.717, 1.165) is 5.56 Å². The molecule has 0 aliphatic carbocycles. The van der Waals surface area contributed by atoms with Crippen molar-refractivity contribution in [1.82, 2.24) is 5.32 Å². The van der Waals surface area contributed by atoms with Crippen LogP contribution in [0.2, 0.25) is 0 Å². The van der Waals surface area contributed by atoms with E-state index in [1.165, 1.54) is 11.8 Å². The van der Waals surface area contributed by atoms with E-state index in [1.807, 2.05) is 18.2 Å². The van der Waals surface area contributed by atoms with E-state index < -0.39 is 12.0 Å². The van der Waals surface area contributed by atoms with Crippen molar-refractivity contribution >= 4 is 17.7 Å². The number of thioether (sulfide) groups is 1. The van der Waals surface area contributed by atoms with E-state index in [4.69, 9.17) is 9.47 Å². The van der Waals surface area contributed by atoms with Crippen LogP contribution in [0.5, 0.6) is 11.5 Å². The summed E-state index contributed by atoms with van der Waals surface area (Å²) in [6.07, 6.45) is 0. The largest absolute Gasteiger partial charge is 0.548 e. The molecule has 1 aromatic carbocycles. The summed E-state index contributed by atoms with van der Waals surface area (Å²) in [6.45, 7) is 0. The minimum atomic E-state index is -1.06. The smallest absolute Gasteiger partial charge is 0.161 e. The summed E-state index contributed by atoms with van der Waals surface area (Å²) < 4.78 is 10.4. The maximum absolute atomic E-state index is 10.8. The van der Waals surface area contributed by atoms with Gasteiger partial charge in [-0.25, -0.2) is 0 Å². The maximum atomic E-state index is 10.8. The Morgan fingerprint density at radius 1 is 1.39 bits per heavy atom. The summed E-state index contributed by atoms with van der Waals surface area (Å²) in [5.74, 6) is 0.724. The third-order valence-electron chi connectivity index (χ3n) is 2.78. The van der Waals surface area contributed by atoms with Gasteiger partial charge in [0.2, 0.25) is 0 Å². The molecule has 0 radical (unpaired) electrons. The first kappa shape index (κ1) is 13.0. The van der Waals surface area contributed by atoms with Crippen LogP contribution in [0, 0.1) is 0 Å². The van der Waals surface area contributed by atoms with Crippen LogP contribution in [-0.4, -0.2) is 32.0 Å². The standard InChI is InChI=1S/C12H15NO4S/c1-16-9-4-3-7(5-10(9)17-2)11-13-8(6-18-11)12(14)15/h3-5,8,11,13H,6H2,1-2H3,(H,14,15)/p-1. The average Bonchev–Trinajstić information content (AvgIpc) is 2.87. The quantitative estimate of drug-likeness (QED) is 0.838. The molecule has 2 atom stereocenters. The van der Waals surface area contributed by atoms with Crippen LogP contribution in [-0.2, 0) is 4.79 Å². The summed E-state index contributed by atoms with van der Waals surface area (Å²) in [5.41, 5.74) is 0.960. The predicted octanol–water partition coefficient (Wildman–Crippen LogP) is 0.157. The lowest BCUT2D eigenvalue weighted by Gasteiger charge is -2.16. The fourth-order valence-electron chi connectivity index (χ4n) is 1.82. The molecule has 5 nitrogen and oxygen atoms in total. The number of nitrogens with one attached hydrogen (secondary N) is 1. The number of carboxylic acids is 1. The molecule has 1 fully saturated rings. The van der Waals surface area contributed by atoms with E-state index >= 15 is 0 Å². The number of carbonyl (C=O) groups excluding carboxylic acids is 1. The summed E-state index contributed by atoms with van der Waals surface area (Å²) >= 11 is 1.54. The molecule has 1 aromatic rings. The molecule has 1 saturated heterocycles. The highest BCUT2D eigenvalue weighted by Crippen LogP contribution is 2.37. The topological polar surface area (TPSA) is 70.6 Å². The van der Waals surface area contributed by atoms with Crippen LogP contribution in [0.25, 0.3) is 0 Å². The molecule has 0 aromatic heterocycles. The molecule has 0 amide bonds. The van der Waals surface area contributed by atoms with Gasteiger partial charge >= 0.3 is 0 Å². The van der Waals surface area contributed by atoms with Crippen molar-refractivity contribution < 1.29 is 19.4 Å². The van der Waals surface area contributed by atoms with Gasteiger partial charge in [-0.2, -0.15) is 0 Å². The van der Waals surface area contributed by atoms with Crippen molar-refractivity contribution in [2.45, 2.75) is 11.4 Å². The molecule has 6 heteroatoms. The van der Waals surface area contributed by atoms with Gasteiger partial charge in [0.15, 0.2) is 11.5 Å². The number of hydrogen-bond donors (Lipinski definition) is 1. The van der Waals surface area contributed by atoms with Gasteiger partial charge in [0.25, 0.3) is 0 Å². The number of carboxylic acid groups (broad SMARTS) is 1. The van der Waals surface area contributed by atoms with Crippen molar-refractivity contribution in [2.24, 2.45) is 0 Å². The van der Waals surface area contributed by atoms with Crippen molar-refractivity contribution in [3.05, 3.63) is 23.8 Å². The van der Waals surface area contributed by atoms with Gasteiger partial charge < -0.3 is 19.4 Å². The first-order valence-corrected chi connectivity index (χ1v) is 6.51. The molecule has 2 unspecified atom stereocenters. The number of benzene rings is 1. The maximum Gasteiger partial charge on any atom is 0.161 e. The Labute approximate surface area is 109 Å². The molecule has 0 spiro atoms. The average molecular weight is 268 g/mol. The predicted molar refractivity (Wildman–Crippen MR) is 66.7 cm³/mol. The number of rotatable bonds is 4. The molecule has 1 N–H and O–H groups in total. The van der Waals surface area contributed by atoms with Crippen LogP contribution in [0.15, 0.2) is 18.2 Å². The van der Waals surface area contributed by atoms with E-state index in [0.29, 0.717) is 17.3 Å². The Morgan fingerprint density at radius 3 is 2.67 bits per heavy atom. The highest BCUT2D eigenvalue weighted by atomic mass is 32.2. The Balaban J connectivity index is 2.17. The Kier molecular flexibility index (Phi) is 3.98. The van der Waals surface area contributed by atoms with Crippen molar-refractivity contribution in [2.75, 3.05) is 20.0 Å².